The molecule has 1 atom stereocenters. The summed E-state index contributed by atoms with van der Waals surface area (Å²) in [5.74, 6) is -1.35. The highest BCUT2D eigenvalue weighted by atomic mass is 16.6. The molecule has 0 heterocycles. The Morgan fingerprint density at radius 2 is 1.76 bits per heavy atom. The summed E-state index contributed by atoms with van der Waals surface area (Å²) in [7, 11) is 0. The van der Waals surface area contributed by atoms with Gasteiger partial charge < -0.3 is 14.6 Å². The van der Waals surface area contributed by atoms with Gasteiger partial charge >= 0.3 is 11.9 Å². The van der Waals surface area contributed by atoms with E-state index < -0.39 is 23.0 Å². The molecule has 0 aromatic carbocycles. The van der Waals surface area contributed by atoms with Crippen molar-refractivity contribution in [3.8, 4) is 0 Å². The molecular weight excluding hydrogens is 272 g/mol. The minimum atomic E-state index is -1.27. The van der Waals surface area contributed by atoms with Crippen molar-refractivity contribution >= 4 is 11.9 Å². The van der Waals surface area contributed by atoms with E-state index in [2.05, 4.69) is 0 Å². The lowest BCUT2D eigenvalue weighted by molar-refractivity contribution is -0.174. The summed E-state index contributed by atoms with van der Waals surface area (Å²) < 4.78 is 10.2. The quantitative estimate of drug-likeness (QED) is 0.462. The number of allylic oxidation sites excluding steroid dienone is 1. The first-order valence-corrected chi connectivity index (χ1v) is 7.54. The molecule has 1 N–H and O–H groups in total. The summed E-state index contributed by atoms with van der Waals surface area (Å²) in [4.78, 5) is 24.8. The van der Waals surface area contributed by atoms with Gasteiger partial charge in [0, 0.05) is 5.92 Å². The Labute approximate surface area is 126 Å². The van der Waals surface area contributed by atoms with Crippen molar-refractivity contribution in [3.63, 3.8) is 0 Å². The fraction of sp³-hybridized carbons (Fsp3) is 0.750. The van der Waals surface area contributed by atoms with Crippen LogP contribution < -0.4 is 0 Å². The van der Waals surface area contributed by atoms with Crippen molar-refractivity contribution in [2.75, 3.05) is 13.2 Å². The number of rotatable bonds is 6. The summed E-state index contributed by atoms with van der Waals surface area (Å²) in [5.41, 5.74) is -2.26. The molecule has 1 aliphatic carbocycles. The van der Waals surface area contributed by atoms with Crippen LogP contribution in [0.1, 0.15) is 47.0 Å². The Morgan fingerprint density at radius 3 is 2.19 bits per heavy atom. The van der Waals surface area contributed by atoms with Crippen molar-refractivity contribution in [1.29, 1.82) is 0 Å². The molecule has 0 aromatic rings. The number of ether oxygens (including phenoxy) is 2. The van der Waals surface area contributed by atoms with E-state index in [1.165, 1.54) is 0 Å². The van der Waals surface area contributed by atoms with E-state index in [-0.39, 0.29) is 19.1 Å². The van der Waals surface area contributed by atoms with Crippen LogP contribution in [-0.2, 0) is 19.1 Å². The van der Waals surface area contributed by atoms with E-state index in [1.54, 1.807) is 39.8 Å². The van der Waals surface area contributed by atoms with Gasteiger partial charge in [0.05, 0.1) is 18.8 Å². The first-order valence-electron chi connectivity index (χ1n) is 7.54. The maximum absolute atomic E-state index is 12.4. The zero-order chi connectivity index (χ0) is 16.1. The van der Waals surface area contributed by atoms with Crippen LogP contribution in [-0.4, -0.2) is 35.9 Å². The van der Waals surface area contributed by atoms with Crippen LogP contribution in [0.4, 0.5) is 0 Å². The summed E-state index contributed by atoms with van der Waals surface area (Å²) in [6, 6.07) is 0. The molecule has 0 unspecified atom stereocenters. The molecule has 0 radical (unpaired) electrons. The molecule has 5 heteroatoms. The highest BCUT2D eigenvalue weighted by molar-refractivity contribution is 6.01. The highest BCUT2D eigenvalue weighted by Gasteiger charge is 2.56. The van der Waals surface area contributed by atoms with Gasteiger partial charge in [-0.05, 0) is 40.5 Å². The largest absolute Gasteiger partial charge is 0.465 e. The topological polar surface area (TPSA) is 72.8 Å². The summed E-state index contributed by atoms with van der Waals surface area (Å²) >= 11 is 0. The molecule has 1 fully saturated rings. The van der Waals surface area contributed by atoms with Crippen LogP contribution in [0.3, 0.4) is 0 Å². The molecule has 0 amide bonds. The van der Waals surface area contributed by atoms with Crippen LogP contribution in [0.15, 0.2) is 12.2 Å². The van der Waals surface area contributed by atoms with Crippen molar-refractivity contribution in [2.45, 2.75) is 52.6 Å². The molecule has 120 valence electrons. The zero-order valence-electron chi connectivity index (χ0n) is 13.3. The highest BCUT2D eigenvalue weighted by Crippen LogP contribution is 2.46. The third kappa shape index (κ3) is 4.06. The molecule has 1 saturated carbocycles. The van der Waals surface area contributed by atoms with Crippen LogP contribution >= 0.6 is 0 Å². The van der Waals surface area contributed by atoms with Gasteiger partial charge in [0.25, 0.3) is 0 Å². The number of carbonyl (C=O) groups is 2. The van der Waals surface area contributed by atoms with Gasteiger partial charge in [-0.2, -0.15) is 0 Å². The Bertz CT molecular complexity index is 387. The van der Waals surface area contributed by atoms with Crippen LogP contribution in [0, 0.1) is 11.3 Å². The molecule has 1 rings (SSSR count). The van der Waals surface area contributed by atoms with Crippen LogP contribution in [0.5, 0.6) is 0 Å². The van der Waals surface area contributed by atoms with Crippen molar-refractivity contribution < 1.29 is 24.2 Å². The lowest BCUT2D eigenvalue weighted by Crippen LogP contribution is -2.44. The normalized spacial score (nSPS) is 21.5. The smallest absolute Gasteiger partial charge is 0.324 e. The Balaban J connectivity index is 3.12. The lowest BCUT2D eigenvalue weighted by atomic mass is 9.77. The lowest BCUT2D eigenvalue weighted by Gasteiger charge is -2.29. The molecule has 5 nitrogen and oxygen atoms in total. The second-order valence-electron chi connectivity index (χ2n) is 5.92. The maximum Gasteiger partial charge on any atom is 0.324 e. The van der Waals surface area contributed by atoms with Gasteiger partial charge in [0.2, 0.25) is 0 Å². The molecule has 0 bridgehead atoms. The fourth-order valence-electron chi connectivity index (χ4n) is 2.75. The Hall–Kier alpha value is -1.36. The molecule has 0 saturated heterocycles. The average molecular weight is 298 g/mol. The van der Waals surface area contributed by atoms with E-state index in [0.29, 0.717) is 12.8 Å². The first kappa shape index (κ1) is 17.7. The van der Waals surface area contributed by atoms with Gasteiger partial charge in [-0.25, -0.2) is 0 Å². The number of hydrogen-bond donors (Lipinski definition) is 1. The standard InChI is InChI=1S/C16H26O5/c1-5-20-13(17)16(14(18)21-6-2)10-7-8-12(16)9-11-15(3,4)19/h9,11-12,19H,5-8,10H2,1-4H3/b11-9-/t12-/m1/s1. The van der Waals surface area contributed by atoms with Crippen molar-refractivity contribution in [1.82, 2.24) is 0 Å². The summed E-state index contributed by atoms with van der Waals surface area (Å²) in [6.07, 6.45) is 5.24. The van der Waals surface area contributed by atoms with Crippen LogP contribution in [0.25, 0.3) is 0 Å². The van der Waals surface area contributed by atoms with E-state index in [9.17, 15) is 14.7 Å². The number of aliphatic hydroxyl groups is 1. The van der Waals surface area contributed by atoms with Gasteiger partial charge in [0.1, 0.15) is 0 Å². The Kier molecular flexibility index (Phi) is 5.96. The van der Waals surface area contributed by atoms with Gasteiger partial charge in [0.15, 0.2) is 5.41 Å². The van der Waals surface area contributed by atoms with Gasteiger partial charge in [-0.3, -0.25) is 9.59 Å². The average Bonchev–Trinajstić information content (AvgIpc) is 2.81. The Morgan fingerprint density at radius 1 is 1.24 bits per heavy atom. The minimum Gasteiger partial charge on any atom is -0.465 e. The van der Waals surface area contributed by atoms with Gasteiger partial charge in [-0.1, -0.05) is 18.6 Å². The fourth-order valence-corrected chi connectivity index (χ4v) is 2.75. The van der Waals surface area contributed by atoms with E-state index in [4.69, 9.17) is 9.47 Å². The monoisotopic (exact) mass is 298 g/mol. The first-order chi connectivity index (χ1) is 9.78. The zero-order valence-corrected chi connectivity index (χ0v) is 13.3. The SMILES string of the molecule is CCOC(=O)C1(C(=O)OCC)CCC[C@@H]1/C=C\C(C)(C)O. The summed E-state index contributed by atoms with van der Waals surface area (Å²) in [5, 5.41) is 9.81. The number of hydrogen-bond acceptors (Lipinski definition) is 5. The predicted molar refractivity (Wildman–Crippen MR) is 78.5 cm³/mol. The van der Waals surface area contributed by atoms with Crippen molar-refractivity contribution in [2.24, 2.45) is 11.3 Å². The molecular formula is C16H26O5. The second kappa shape index (κ2) is 7.07. The van der Waals surface area contributed by atoms with E-state index in [1.807, 2.05) is 0 Å². The molecule has 0 spiro atoms. The maximum atomic E-state index is 12.4. The third-order valence-electron chi connectivity index (χ3n) is 3.73. The molecule has 21 heavy (non-hydrogen) atoms. The van der Waals surface area contributed by atoms with E-state index >= 15 is 0 Å². The second-order valence-corrected chi connectivity index (χ2v) is 5.92. The van der Waals surface area contributed by atoms with Crippen molar-refractivity contribution in [3.05, 3.63) is 12.2 Å². The van der Waals surface area contributed by atoms with Crippen LogP contribution in [0.2, 0.25) is 0 Å². The molecule has 0 aromatic heterocycles. The number of esters is 2. The number of carbonyl (C=O) groups excluding carboxylic acids is 2. The summed E-state index contributed by atoms with van der Waals surface area (Å²) in [6.45, 7) is 7.17. The molecule has 0 aliphatic heterocycles. The van der Waals surface area contributed by atoms with Gasteiger partial charge in [-0.15, -0.1) is 0 Å². The van der Waals surface area contributed by atoms with E-state index in [0.717, 1.165) is 6.42 Å². The predicted octanol–water partition coefficient (Wildman–Crippen LogP) is 2.23. The molecule has 1 aliphatic rings. The minimum absolute atomic E-state index is 0.224. The third-order valence-corrected chi connectivity index (χ3v) is 3.73.